The van der Waals surface area contributed by atoms with Crippen LogP contribution in [-0.4, -0.2) is 93.0 Å². The second-order valence-corrected chi connectivity index (χ2v) is 17.0. The van der Waals surface area contributed by atoms with E-state index in [4.69, 9.17) is 56.7 Å². The predicted molar refractivity (Wildman–Crippen MR) is 161 cm³/mol. The molecule has 5 N–H and O–H groups in total. The molecule has 46 heavy (non-hydrogen) atoms. The van der Waals surface area contributed by atoms with Crippen LogP contribution in [0.2, 0.25) is 5.02 Å². The van der Waals surface area contributed by atoms with Crippen molar-refractivity contribution in [3.63, 3.8) is 0 Å². The third kappa shape index (κ3) is 4.88. The summed E-state index contributed by atoms with van der Waals surface area (Å²) in [5.41, 5.74) is 4.14. The number of aromatic nitrogens is 7. The zero-order chi connectivity index (χ0) is 32.3. The number of nitrogens with zero attached hydrogens (tertiary/aromatic N) is 6. The van der Waals surface area contributed by atoms with Gasteiger partial charge in [-0.2, -0.15) is 0 Å². The Labute approximate surface area is 271 Å². The van der Waals surface area contributed by atoms with Crippen molar-refractivity contribution >= 4 is 77.2 Å². The van der Waals surface area contributed by atoms with Crippen molar-refractivity contribution < 1.29 is 46.5 Å². The largest absolute Gasteiger partial charge is 0.387 e. The van der Waals surface area contributed by atoms with E-state index in [2.05, 4.69) is 37.2 Å². The Hall–Kier alpha value is -2.10. The van der Waals surface area contributed by atoms with Gasteiger partial charge in [0.15, 0.2) is 35.7 Å². The number of alkyl halides is 1. The highest BCUT2D eigenvalue weighted by Crippen LogP contribution is 2.67. The lowest BCUT2D eigenvalue weighted by Gasteiger charge is -2.27. The average molecular weight is 739 g/mol. The van der Waals surface area contributed by atoms with Crippen LogP contribution in [0.5, 0.6) is 0 Å². The van der Waals surface area contributed by atoms with Crippen molar-refractivity contribution in [2.75, 3.05) is 12.3 Å². The zero-order valence-electron chi connectivity index (χ0n) is 22.8. The number of hydrogen-bond donors (Lipinski definition) is 5. The molecular weight excluding hydrogens is 717 g/mol. The summed E-state index contributed by atoms with van der Waals surface area (Å²) in [6.45, 7) is -9.29. The van der Waals surface area contributed by atoms with Gasteiger partial charge in [-0.05, 0) is 11.8 Å². The number of hydrogen-bond acceptors (Lipinski definition) is 15. The number of anilines is 1. The van der Waals surface area contributed by atoms with Gasteiger partial charge in [-0.15, -0.1) is 0 Å². The fourth-order valence-electron chi connectivity index (χ4n) is 6.09. The number of aliphatic hydroxyl groups is 1. The minimum Gasteiger partial charge on any atom is -0.387 e. The monoisotopic (exact) mass is 738 g/mol. The number of thiol groups is 1. The molecule has 2 bridgehead atoms. The van der Waals surface area contributed by atoms with Gasteiger partial charge in [-0.1, -0.05) is 23.8 Å². The quantitative estimate of drug-likeness (QED) is 0.145. The zero-order valence-corrected chi connectivity index (χ0v) is 27.0. The standard InChI is InChI=1S/C22H22ClFN8O10P2S2/c23-7-2-31(17-10(7)19(34)29-5-27-17)21-14-13(33)8(38-21)3-37-43(35,45)42-15-11(24)20(32-6-30-12-16(25)26-4-28-18(12)32)39-22(15)1-9(22)40-44(36,46)41-14/h2,4-6,8-9,11,13-15,20-21,33H,1,3H2,(H,35,45)(H,36,46)(H2,25,26,28)(H,27,29,34)/t8-,9?,11-,13-,14-,15+,20-,21-,22?,43?,44?/m1/s1. The van der Waals surface area contributed by atoms with E-state index in [1.165, 1.54) is 28.0 Å². The molecule has 0 aromatic carbocycles. The van der Waals surface area contributed by atoms with Crippen molar-refractivity contribution in [3.05, 3.63) is 40.6 Å². The molecule has 1 spiro atoms. The van der Waals surface area contributed by atoms with Gasteiger partial charge in [0.2, 0.25) is 0 Å². The van der Waals surface area contributed by atoms with Crippen LogP contribution in [0.1, 0.15) is 18.9 Å². The molecule has 1 aliphatic carbocycles. The van der Waals surface area contributed by atoms with Gasteiger partial charge in [0.1, 0.15) is 53.4 Å². The van der Waals surface area contributed by atoms with Crippen LogP contribution >= 0.6 is 37.4 Å². The minimum atomic E-state index is -4.41. The fraction of sp³-hybridized carbons (Fsp3) is 0.500. The molecule has 8 rings (SSSR count). The molecule has 246 valence electrons. The number of fused-ring (bicyclic) bond motifs is 4. The number of aromatic amines is 1. The third-order valence-corrected chi connectivity index (χ3v) is 11.7. The van der Waals surface area contributed by atoms with E-state index >= 15 is 4.39 Å². The second kappa shape index (κ2) is 10.7. The van der Waals surface area contributed by atoms with E-state index < -0.39 is 80.4 Å². The van der Waals surface area contributed by atoms with Gasteiger partial charge in [-0.3, -0.25) is 22.9 Å². The maximum atomic E-state index is 16.3. The number of imidazole rings is 1. The molecule has 4 aromatic heterocycles. The van der Waals surface area contributed by atoms with Crippen LogP contribution in [0.15, 0.2) is 30.0 Å². The maximum Gasteiger partial charge on any atom is 0.386 e. The first-order valence-electron chi connectivity index (χ1n) is 13.5. The molecule has 4 aromatic rings. The van der Waals surface area contributed by atoms with Crippen molar-refractivity contribution in [3.8, 4) is 0 Å². The van der Waals surface area contributed by atoms with Crippen LogP contribution in [0.3, 0.4) is 0 Å². The number of ether oxygens (including phenoxy) is 2. The van der Waals surface area contributed by atoms with Crippen molar-refractivity contribution in [2.24, 2.45) is 0 Å². The summed E-state index contributed by atoms with van der Waals surface area (Å²) < 4.78 is 67.3. The normalized spacial score (nSPS) is 41.1. The molecule has 1 saturated carbocycles. The fourth-order valence-corrected chi connectivity index (χ4v) is 9.62. The number of nitrogens with one attached hydrogen (secondary N) is 1. The first-order valence-corrected chi connectivity index (χ1v) is 19.1. The van der Waals surface area contributed by atoms with Crippen LogP contribution in [0.4, 0.5) is 10.2 Å². The lowest BCUT2D eigenvalue weighted by molar-refractivity contribution is -0.0651. The summed E-state index contributed by atoms with van der Waals surface area (Å²) in [5.74, 6) is 0.0586. The molecule has 3 aliphatic heterocycles. The second-order valence-electron chi connectivity index (χ2n) is 11.0. The van der Waals surface area contributed by atoms with E-state index in [9.17, 15) is 19.4 Å². The number of H-pyrrole nitrogens is 1. The number of nitrogen functional groups attached to an aromatic ring is 1. The molecule has 4 fully saturated rings. The lowest BCUT2D eigenvalue weighted by Crippen LogP contribution is -2.35. The molecule has 4 unspecified atom stereocenters. The van der Waals surface area contributed by atoms with Crippen LogP contribution in [-0.2, 0) is 43.9 Å². The molecule has 0 amide bonds. The van der Waals surface area contributed by atoms with Crippen LogP contribution < -0.4 is 11.3 Å². The first kappa shape index (κ1) is 31.2. The Balaban J connectivity index is 1.15. The van der Waals surface area contributed by atoms with Gasteiger partial charge in [0.05, 0.1) is 24.3 Å². The molecular formula is C22H22ClFN8O10P2S2. The predicted octanol–water partition coefficient (Wildman–Crippen LogP) is 1.51. The van der Waals surface area contributed by atoms with Crippen molar-refractivity contribution in [1.29, 1.82) is 0 Å². The molecule has 18 nitrogen and oxygen atoms in total. The molecule has 11 atom stereocenters. The Morgan fingerprint density at radius 2 is 2.00 bits per heavy atom. The third-order valence-electron chi connectivity index (χ3n) is 8.25. The molecule has 0 radical (unpaired) electrons. The average Bonchev–Trinajstić information content (AvgIpc) is 3.30. The Morgan fingerprint density at radius 3 is 2.80 bits per heavy atom. The van der Waals surface area contributed by atoms with Gasteiger partial charge >= 0.3 is 13.5 Å². The highest BCUT2D eigenvalue weighted by atomic mass is 35.5. The Kier molecular flexibility index (Phi) is 7.25. The maximum absolute atomic E-state index is 16.3. The molecule has 24 heteroatoms. The molecule has 7 heterocycles. The number of rotatable bonds is 2. The number of halogens is 2. The minimum absolute atomic E-state index is 0.0164. The van der Waals surface area contributed by atoms with Gasteiger partial charge in [0, 0.05) is 12.6 Å². The summed E-state index contributed by atoms with van der Waals surface area (Å²) in [7, 11) is 0. The van der Waals surface area contributed by atoms with Crippen LogP contribution in [0.25, 0.3) is 22.2 Å². The number of nitrogens with two attached hydrogens (primary N) is 1. The summed E-state index contributed by atoms with van der Waals surface area (Å²) in [6, 6.07) is 0. The van der Waals surface area contributed by atoms with Gasteiger partial charge < -0.3 is 39.3 Å². The summed E-state index contributed by atoms with van der Waals surface area (Å²) in [4.78, 5) is 42.4. The van der Waals surface area contributed by atoms with E-state index in [1.54, 1.807) is 0 Å². The Bertz CT molecular complexity index is 2060. The Morgan fingerprint density at radius 1 is 1.20 bits per heavy atom. The highest BCUT2D eigenvalue weighted by Gasteiger charge is 2.74. The summed E-state index contributed by atoms with van der Waals surface area (Å²) >= 11 is 15.7. The van der Waals surface area contributed by atoms with Crippen molar-refractivity contribution in [1.82, 2.24) is 34.1 Å². The van der Waals surface area contributed by atoms with E-state index in [0.29, 0.717) is 0 Å². The van der Waals surface area contributed by atoms with Crippen molar-refractivity contribution in [2.45, 2.75) is 61.2 Å². The smallest absolute Gasteiger partial charge is 0.386 e. The van der Waals surface area contributed by atoms with E-state index in [1.807, 2.05) is 0 Å². The lowest BCUT2D eigenvalue weighted by atomic mass is 10.1. The van der Waals surface area contributed by atoms with E-state index in [-0.39, 0.29) is 39.5 Å². The topological polar surface area (TPSA) is 233 Å². The first-order chi connectivity index (χ1) is 21.8. The summed E-state index contributed by atoms with van der Waals surface area (Å²) in [5, 5.41) is 11.3. The highest BCUT2D eigenvalue weighted by molar-refractivity contribution is 8.44. The van der Waals surface area contributed by atoms with Gasteiger partial charge in [0.25, 0.3) is 5.56 Å². The summed E-state index contributed by atoms with van der Waals surface area (Å²) in [6.07, 6.45) is -6.94. The molecule has 4 aliphatic rings. The SMILES string of the molecule is Nc1ncnc2c1ncn2[C@@H]1OC23CC2OP(O)(=S)O[C@@H]2[C@H](O)[C@@H](COP(=O)(S)O[C@H]3[C@H]1F)O[C@H]2n1cc(Cl)c2c(=O)[nH]cnc21. The van der Waals surface area contributed by atoms with E-state index in [0.717, 1.165) is 6.33 Å². The van der Waals surface area contributed by atoms with Gasteiger partial charge in [-0.25, -0.2) is 28.9 Å². The van der Waals surface area contributed by atoms with Crippen LogP contribution in [0, 0.1) is 0 Å². The number of aliphatic hydroxyl groups excluding tert-OH is 1. The molecule has 3 saturated heterocycles.